The fourth-order valence-electron chi connectivity index (χ4n) is 1.87. The molecule has 0 N–H and O–H groups in total. The lowest BCUT2D eigenvalue weighted by Crippen LogP contribution is -2.00. The van der Waals surface area contributed by atoms with Crippen LogP contribution in [0.4, 0.5) is 0 Å². The Hall–Kier alpha value is -1.07. The maximum atomic E-state index is 12.4. The first-order chi connectivity index (χ1) is 8.79. The molecular formula is C13H7ClO2S2. The van der Waals surface area contributed by atoms with E-state index in [2.05, 4.69) is 3.74 Å². The normalized spacial score (nSPS) is 11.2. The molecule has 0 unspecified atom stereocenters. The largest absolute Gasteiger partial charge is 0.289 e. The van der Waals surface area contributed by atoms with E-state index in [0.717, 1.165) is 31.7 Å². The summed E-state index contributed by atoms with van der Waals surface area (Å²) in [5, 5.41) is 1.46. The van der Waals surface area contributed by atoms with Gasteiger partial charge in [0.15, 0.2) is 5.43 Å². The van der Waals surface area contributed by atoms with Gasteiger partial charge in [-0.1, -0.05) is 12.1 Å². The van der Waals surface area contributed by atoms with Crippen LogP contribution in [-0.2, 0) is 3.74 Å². The van der Waals surface area contributed by atoms with Crippen LogP contribution in [0.25, 0.3) is 20.2 Å². The minimum atomic E-state index is 0.0522. The van der Waals surface area contributed by atoms with E-state index in [1.54, 1.807) is 11.3 Å². The maximum Gasteiger partial charge on any atom is 0.195 e. The van der Waals surface area contributed by atoms with Crippen LogP contribution in [0.2, 0.25) is 0 Å². The number of halogens is 1. The van der Waals surface area contributed by atoms with Crippen molar-refractivity contribution in [3.05, 3.63) is 52.7 Å². The van der Waals surface area contributed by atoms with Crippen molar-refractivity contribution in [3.8, 4) is 0 Å². The van der Waals surface area contributed by atoms with Crippen LogP contribution in [0.1, 0.15) is 0 Å². The summed E-state index contributed by atoms with van der Waals surface area (Å²) in [5.74, 6) is 0. The second-order valence-electron chi connectivity index (χ2n) is 3.73. The average Bonchev–Trinajstić information content (AvgIpc) is 2.40. The van der Waals surface area contributed by atoms with Crippen molar-refractivity contribution in [2.45, 2.75) is 4.90 Å². The van der Waals surface area contributed by atoms with Gasteiger partial charge in [-0.3, -0.25) is 4.79 Å². The van der Waals surface area contributed by atoms with E-state index in [-0.39, 0.29) is 5.43 Å². The molecule has 0 aliphatic carbocycles. The topological polar surface area (TPSA) is 26.3 Å². The molecular weight excluding hydrogens is 288 g/mol. The smallest absolute Gasteiger partial charge is 0.195 e. The summed E-state index contributed by atoms with van der Waals surface area (Å²) in [6, 6.07) is 13.3. The molecule has 3 aromatic rings. The molecule has 3 rings (SSSR count). The van der Waals surface area contributed by atoms with Gasteiger partial charge in [-0.25, -0.2) is 3.74 Å². The first kappa shape index (κ1) is 12.0. The Kier molecular flexibility index (Phi) is 3.26. The summed E-state index contributed by atoms with van der Waals surface area (Å²) in [4.78, 5) is 13.2. The monoisotopic (exact) mass is 294 g/mol. The fraction of sp³-hybridized carbons (Fsp3) is 0. The predicted molar refractivity (Wildman–Crippen MR) is 78.4 cm³/mol. The summed E-state index contributed by atoms with van der Waals surface area (Å²) in [7, 11) is 0. The highest BCUT2D eigenvalue weighted by atomic mass is 35.5. The zero-order chi connectivity index (χ0) is 12.5. The van der Waals surface area contributed by atoms with Crippen LogP contribution in [0, 0.1) is 0 Å². The second-order valence-corrected chi connectivity index (χ2v) is 5.96. The van der Waals surface area contributed by atoms with E-state index in [0.29, 0.717) is 5.39 Å². The van der Waals surface area contributed by atoms with E-state index < -0.39 is 0 Å². The minimum Gasteiger partial charge on any atom is -0.289 e. The molecule has 0 aliphatic rings. The molecule has 0 radical (unpaired) electrons. The molecule has 1 aromatic heterocycles. The van der Waals surface area contributed by atoms with E-state index in [1.165, 1.54) is 0 Å². The van der Waals surface area contributed by atoms with Crippen molar-refractivity contribution in [2.75, 3.05) is 0 Å². The van der Waals surface area contributed by atoms with Gasteiger partial charge in [-0.15, -0.1) is 11.3 Å². The predicted octanol–water partition coefficient (Wildman–Crippen LogP) is 4.59. The third-order valence-corrected chi connectivity index (χ3v) is 4.53. The Labute approximate surface area is 117 Å². The minimum absolute atomic E-state index is 0.0522. The number of hydrogen-bond donors (Lipinski definition) is 0. The summed E-state index contributed by atoms with van der Waals surface area (Å²) in [6.45, 7) is 0. The van der Waals surface area contributed by atoms with Gasteiger partial charge in [-0.2, -0.15) is 0 Å². The molecule has 2 nitrogen and oxygen atoms in total. The van der Waals surface area contributed by atoms with Crippen LogP contribution >= 0.6 is 35.2 Å². The number of benzene rings is 2. The van der Waals surface area contributed by atoms with Crippen LogP contribution in [0.5, 0.6) is 0 Å². The molecule has 1 heterocycles. The van der Waals surface area contributed by atoms with Crippen LogP contribution in [0.15, 0.2) is 52.2 Å². The van der Waals surface area contributed by atoms with Gasteiger partial charge < -0.3 is 0 Å². The van der Waals surface area contributed by atoms with Gasteiger partial charge in [0.05, 0.1) is 23.9 Å². The Morgan fingerprint density at radius 1 is 1.06 bits per heavy atom. The molecule has 2 aromatic carbocycles. The van der Waals surface area contributed by atoms with Gasteiger partial charge in [0.25, 0.3) is 0 Å². The van der Waals surface area contributed by atoms with Crippen molar-refractivity contribution in [3.63, 3.8) is 0 Å². The molecule has 0 spiro atoms. The molecule has 0 saturated carbocycles. The molecule has 0 aliphatic heterocycles. The van der Waals surface area contributed by atoms with Gasteiger partial charge >= 0.3 is 0 Å². The van der Waals surface area contributed by atoms with Gasteiger partial charge in [0, 0.05) is 25.1 Å². The highest BCUT2D eigenvalue weighted by Gasteiger charge is 2.06. The van der Waals surface area contributed by atoms with E-state index in [4.69, 9.17) is 11.9 Å². The Morgan fingerprint density at radius 3 is 2.67 bits per heavy atom. The fourth-order valence-corrected chi connectivity index (χ4v) is 3.50. The van der Waals surface area contributed by atoms with Gasteiger partial charge in [0.2, 0.25) is 0 Å². The number of hydrogen-bond acceptors (Lipinski definition) is 4. The van der Waals surface area contributed by atoms with Gasteiger partial charge in [0.1, 0.15) is 0 Å². The van der Waals surface area contributed by atoms with Crippen molar-refractivity contribution in [1.29, 1.82) is 0 Å². The Morgan fingerprint density at radius 2 is 1.83 bits per heavy atom. The maximum absolute atomic E-state index is 12.4. The summed E-state index contributed by atoms with van der Waals surface area (Å²) < 4.78 is 6.47. The lowest BCUT2D eigenvalue weighted by Gasteiger charge is -2.02. The van der Waals surface area contributed by atoms with E-state index in [9.17, 15) is 4.79 Å². The first-order valence-corrected chi connectivity index (χ1v) is 7.07. The highest BCUT2D eigenvalue weighted by Crippen LogP contribution is 2.28. The molecule has 0 fully saturated rings. The zero-order valence-corrected chi connectivity index (χ0v) is 11.4. The lowest BCUT2D eigenvalue weighted by atomic mass is 10.2. The van der Waals surface area contributed by atoms with Crippen molar-refractivity contribution >= 4 is 55.4 Å². The van der Waals surface area contributed by atoms with E-state index in [1.807, 2.05) is 42.5 Å². The molecule has 18 heavy (non-hydrogen) atoms. The van der Waals surface area contributed by atoms with Gasteiger partial charge in [-0.05, 0) is 30.3 Å². The molecule has 5 heteroatoms. The molecule has 0 bridgehead atoms. The third-order valence-electron chi connectivity index (χ3n) is 2.67. The average molecular weight is 295 g/mol. The molecule has 90 valence electrons. The van der Waals surface area contributed by atoms with Crippen LogP contribution in [-0.4, -0.2) is 0 Å². The summed E-state index contributed by atoms with van der Waals surface area (Å²) in [5.41, 5.74) is 0.0522. The standard InChI is InChI=1S/C13H7ClO2S2/c14-16-18-8-5-6-12-10(7-8)13(15)9-3-1-2-4-11(9)17-12/h1-7H. The number of rotatable bonds is 2. The van der Waals surface area contributed by atoms with E-state index >= 15 is 0 Å². The second kappa shape index (κ2) is 4.90. The summed E-state index contributed by atoms with van der Waals surface area (Å²) in [6.07, 6.45) is 0. The zero-order valence-electron chi connectivity index (χ0n) is 9.05. The SMILES string of the molecule is O=c1c2ccccc2sc2ccc(SOCl)cc12. The summed E-state index contributed by atoms with van der Waals surface area (Å²) >= 11 is 7.85. The Bertz CT molecular complexity index is 783. The van der Waals surface area contributed by atoms with Crippen molar-refractivity contribution in [2.24, 2.45) is 0 Å². The molecule has 0 amide bonds. The third kappa shape index (κ3) is 2.01. The lowest BCUT2D eigenvalue weighted by molar-refractivity contribution is 0.727. The van der Waals surface area contributed by atoms with Crippen LogP contribution < -0.4 is 5.43 Å². The first-order valence-electron chi connectivity index (χ1n) is 5.20. The highest BCUT2D eigenvalue weighted by molar-refractivity contribution is 7.95. The quantitative estimate of drug-likeness (QED) is 0.511. The molecule has 0 atom stereocenters. The van der Waals surface area contributed by atoms with Crippen molar-refractivity contribution in [1.82, 2.24) is 0 Å². The molecule has 0 saturated heterocycles. The van der Waals surface area contributed by atoms with Crippen LogP contribution in [0.3, 0.4) is 0 Å². The Balaban J connectivity index is 2.38. The number of fused-ring (bicyclic) bond motifs is 2. The van der Waals surface area contributed by atoms with Crippen molar-refractivity contribution < 1.29 is 3.74 Å².